The van der Waals surface area contributed by atoms with E-state index in [0.717, 1.165) is 19.2 Å². The van der Waals surface area contributed by atoms with Crippen LogP contribution in [0.4, 0.5) is 0 Å². The number of para-hydroxylation sites is 1. The Hall–Kier alpha value is -2.01. The molecule has 0 fully saturated rings. The summed E-state index contributed by atoms with van der Waals surface area (Å²) in [6.07, 6.45) is 1.44. The van der Waals surface area contributed by atoms with Crippen LogP contribution in [0, 0.1) is 0 Å². The second-order valence-corrected chi connectivity index (χ2v) is 10.2. The summed E-state index contributed by atoms with van der Waals surface area (Å²) in [5.41, 5.74) is 1.04. The summed E-state index contributed by atoms with van der Waals surface area (Å²) < 4.78 is 10.1. The van der Waals surface area contributed by atoms with Crippen molar-refractivity contribution in [2.45, 2.75) is 6.61 Å². The zero-order chi connectivity index (χ0) is 22.8. The average molecular weight is 687 g/mol. The van der Waals surface area contributed by atoms with Crippen LogP contribution in [-0.2, 0) is 6.61 Å². The summed E-state index contributed by atoms with van der Waals surface area (Å²) in [7, 11) is 0. The first-order valence-corrected chi connectivity index (χ1v) is 12.3. The molecule has 0 saturated heterocycles. The fraction of sp³-hybridized carbons (Fsp3) is 0.0455. The van der Waals surface area contributed by atoms with Gasteiger partial charge >= 0.3 is 5.69 Å². The second-order valence-electron chi connectivity index (χ2n) is 6.68. The molecule has 0 atom stereocenters. The van der Waals surface area contributed by atoms with Gasteiger partial charge in [-0.1, -0.05) is 50.1 Å². The van der Waals surface area contributed by atoms with E-state index in [0.29, 0.717) is 37.8 Å². The lowest BCUT2D eigenvalue weighted by Gasteiger charge is -2.12. The van der Waals surface area contributed by atoms with Crippen molar-refractivity contribution in [3.63, 3.8) is 0 Å². The highest BCUT2D eigenvalue weighted by Crippen LogP contribution is 2.35. The minimum absolute atomic E-state index is 0.361. The van der Waals surface area contributed by atoms with E-state index in [9.17, 15) is 9.59 Å². The highest BCUT2D eigenvalue weighted by molar-refractivity contribution is 9.11. The lowest BCUT2D eigenvalue weighted by molar-refractivity contribution is 0.301. The molecule has 0 unspecified atom stereocenters. The van der Waals surface area contributed by atoms with Gasteiger partial charge in [-0.25, -0.2) is 4.79 Å². The zero-order valence-electron chi connectivity index (χ0n) is 16.1. The molecule has 162 valence electrons. The van der Waals surface area contributed by atoms with Crippen molar-refractivity contribution in [1.82, 2.24) is 9.66 Å². The fourth-order valence-electron chi connectivity index (χ4n) is 2.96. The molecular weight excluding hydrogens is 674 g/mol. The number of nitrogens with one attached hydrogen (secondary N) is 1. The Bertz CT molecular complexity index is 1450. The highest BCUT2D eigenvalue weighted by atomic mass is 79.9. The molecule has 0 aliphatic heterocycles. The molecule has 0 bridgehead atoms. The van der Waals surface area contributed by atoms with Crippen molar-refractivity contribution < 1.29 is 4.74 Å². The molecule has 0 amide bonds. The average Bonchev–Trinajstić information content (AvgIpc) is 2.74. The maximum absolute atomic E-state index is 12.6. The largest absolute Gasteiger partial charge is 0.486 e. The number of nitrogens with zero attached hydrogens (tertiary/aromatic N) is 2. The molecule has 0 aliphatic carbocycles. The molecule has 1 aromatic heterocycles. The number of halogens is 4. The molecule has 1 heterocycles. The number of fused-ring (bicyclic) bond motifs is 1. The first kappa shape index (κ1) is 23.2. The maximum atomic E-state index is 12.6. The third-order valence-corrected chi connectivity index (χ3v) is 6.92. The van der Waals surface area contributed by atoms with Gasteiger partial charge in [-0.3, -0.25) is 4.79 Å². The Labute approximate surface area is 215 Å². The summed E-state index contributed by atoms with van der Waals surface area (Å²) in [5, 5.41) is 4.48. The standard InChI is InChI=1S/C22H13Br4N3O3/c23-14-6-5-13(16(24)9-14)11-32-20-17(25)7-12(8-18(20)26)10-27-29-21(30)15-3-1-2-4-19(15)28-22(29)31/h1-10H,11H2,(H,28,31). The van der Waals surface area contributed by atoms with Crippen LogP contribution in [0.3, 0.4) is 0 Å². The maximum Gasteiger partial charge on any atom is 0.349 e. The van der Waals surface area contributed by atoms with E-state index in [1.165, 1.54) is 6.21 Å². The summed E-state index contributed by atoms with van der Waals surface area (Å²) in [6.45, 7) is 0.361. The SMILES string of the molecule is O=c1[nH]c2ccccc2c(=O)n1N=Cc1cc(Br)c(OCc2ccc(Br)cc2Br)c(Br)c1. The van der Waals surface area contributed by atoms with Crippen LogP contribution in [0.1, 0.15) is 11.1 Å². The number of aromatic amines is 1. The number of benzene rings is 3. The molecule has 0 aliphatic rings. The Balaban J connectivity index is 1.60. The lowest BCUT2D eigenvalue weighted by Crippen LogP contribution is -2.32. The van der Waals surface area contributed by atoms with E-state index in [-0.39, 0.29) is 0 Å². The quantitative estimate of drug-likeness (QED) is 0.254. The van der Waals surface area contributed by atoms with Crippen LogP contribution < -0.4 is 16.0 Å². The predicted molar refractivity (Wildman–Crippen MR) is 140 cm³/mol. The van der Waals surface area contributed by atoms with Crippen LogP contribution in [0.25, 0.3) is 10.9 Å². The molecule has 3 aromatic carbocycles. The van der Waals surface area contributed by atoms with Gasteiger partial charge in [0.2, 0.25) is 0 Å². The van der Waals surface area contributed by atoms with Gasteiger partial charge in [0.05, 0.1) is 26.1 Å². The molecule has 6 nitrogen and oxygen atoms in total. The van der Waals surface area contributed by atoms with Crippen molar-refractivity contribution in [1.29, 1.82) is 0 Å². The third kappa shape index (κ3) is 4.98. The van der Waals surface area contributed by atoms with E-state index >= 15 is 0 Å². The summed E-state index contributed by atoms with van der Waals surface area (Å²) in [6, 6.07) is 16.3. The smallest absolute Gasteiger partial charge is 0.349 e. The second kappa shape index (κ2) is 9.86. The van der Waals surface area contributed by atoms with Crippen LogP contribution >= 0.6 is 63.7 Å². The van der Waals surface area contributed by atoms with E-state index in [1.54, 1.807) is 36.4 Å². The number of rotatable bonds is 5. The first-order valence-electron chi connectivity index (χ1n) is 9.17. The zero-order valence-corrected chi connectivity index (χ0v) is 22.5. The number of hydrogen-bond donors (Lipinski definition) is 1. The minimum Gasteiger partial charge on any atom is -0.486 e. The Morgan fingerprint density at radius 3 is 2.38 bits per heavy atom. The van der Waals surface area contributed by atoms with Crippen LogP contribution in [0.15, 0.2) is 87.2 Å². The van der Waals surface area contributed by atoms with Crippen molar-refractivity contribution in [2.24, 2.45) is 5.10 Å². The monoisotopic (exact) mass is 683 g/mol. The molecule has 1 N–H and O–H groups in total. The van der Waals surface area contributed by atoms with Crippen LogP contribution in [0.2, 0.25) is 0 Å². The van der Waals surface area contributed by atoms with Crippen molar-refractivity contribution >= 4 is 80.8 Å². The minimum atomic E-state index is -0.608. The fourth-order valence-corrected chi connectivity index (χ4v) is 5.58. The molecule has 32 heavy (non-hydrogen) atoms. The van der Waals surface area contributed by atoms with E-state index in [4.69, 9.17) is 4.74 Å². The van der Waals surface area contributed by atoms with Gasteiger partial charge in [-0.15, -0.1) is 4.68 Å². The summed E-state index contributed by atoms with van der Waals surface area (Å²) in [5.74, 6) is 0.623. The summed E-state index contributed by atoms with van der Waals surface area (Å²) >= 11 is 14.0. The molecule has 10 heteroatoms. The van der Waals surface area contributed by atoms with E-state index in [2.05, 4.69) is 73.8 Å². The molecular formula is C22H13Br4N3O3. The number of aromatic nitrogens is 2. The van der Waals surface area contributed by atoms with Crippen molar-refractivity contribution in [3.05, 3.63) is 104 Å². The van der Waals surface area contributed by atoms with Crippen LogP contribution in [-0.4, -0.2) is 15.9 Å². The number of ether oxygens (including phenoxy) is 1. The molecule has 4 aromatic rings. The highest BCUT2D eigenvalue weighted by Gasteiger charge is 2.11. The number of H-pyrrole nitrogens is 1. The Kier molecular flexibility index (Phi) is 7.14. The molecule has 0 radical (unpaired) electrons. The molecule has 0 saturated carbocycles. The van der Waals surface area contributed by atoms with Crippen molar-refractivity contribution in [2.75, 3.05) is 0 Å². The van der Waals surface area contributed by atoms with Gasteiger partial charge in [0, 0.05) is 14.5 Å². The first-order chi connectivity index (χ1) is 15.3. The van der Waals surface area contributed by atoms with Gasteiger partial charge < -0.3 is 9.72 Å². The van der Waals surface area contributed by atoms with E-state index < -0.39 is 11.2 Å². The Morgan fingerprint density at radius 2 is 1.66 bits per heavy atom. The topological polar surface area (TPSA) is 76.5 Å². The van der Waals surface area contributed by atoms with Gasteiger partial charge in [-0.05, 0) is 73.8 Å². The molecule has 4 rings (SSSR count). The van der Waals surface area contributed by atoms with Gasteiger partial charge in [0.25, 0.3) is 5.56 Å². The summed E-state index contributed by atoms with van der Waals surface area (Å²) in [4.78, 5) is 27.5. The normalized spacial score (nSPS) is 11.4. The van der Waals surface area contributed by atoms with Gasteiger partial charge in [-0.2, -0.15) is 5.10 Å². The third-order valence-electron chi connectivity index (χ3n) is 4.51. The van der Waals surface area contributed by atoms with Crippen LogP contribution in [0.5, 0.6) is 5.75 Å². The lowest BCUT2D eigenvalue weighted by atomic mass is 10.2. The number of hydrogen-bond acceptors (Lipinski definition) is 4. The molecule has 0 spiro atoms. The van der Waals surface area contributed by atoms with Crippen molar-refractivity contribution in [3.8, 4) is 5.75 Å². The predicted octanol–water partition coefficient (Wildman–Crippen LogP) is 6.20. The van der Waals surface area contributed by atoms with Gasteiger partial charge in [0.15, 0.2) is 0 Å². The van der Waals surface area contributed by atoms with E-state index in [1.807, 2.05) is 18.2 Å². The Morgan fingerprint density at radius 1 is 0.938 bits per heavy atom. The van der Waals surface area contributed by atoms with Gasteiger partial charge in [0.1, 0.15) is 12.4 Å².